The van der Waals surface area contributed by atoms with E-state index in [9.17, 15) is 19.8 Å². The molecule has 2 heterocycles. The quantitative estimate of drug-likeness (QED) is 0.0743. The van der Waals surface area contributed by atoms with Crippen LogP contribution in [0.4, 0.5) is 4.79 Å². The van der Waals surface area contributed by atoms with Crippen molar-refractivity contribution >= 4 is 17.7 Å². The molecular weight excluding hydrogens is 714 g/mol. The summed E-state index contributed by atoms with van der Waals surface area (Å²) in [5.41, 5.74) is 2.61. The maximum Gasteiger partial charge on any atom is 0.412 e. The first kappa shape index (κ1) is 42.2. The molecule has 0 radical (unpaired) electrons. The van der Waals surface area contributed by atoms with Gasteiger partial charge in [-0.1, -0.05) is 55.8 Å². The summed E-state index contributed by atoms with van der Waals surface area (Å²) in [5, 5.41) is 27.3. The van der Waals surface area contributed by atoms with Crippen LogP contribution in [0.3, 0.4) is 0 Å². The number of hydrogen-bond donors (Lipinski definition) is 3. The number of oxime groups is 1. The van der Waals surface area contributed by atoms with Gasteiger partial charge in [0.2, 0.25) is 18.0 Å². The van der Waals surface area contributed by atoms with Crippen molar-refractivity contribution in [3.63, 3.8) is 0 Å². The molecule has 12 nitrogen and oxygen atoms in total. The average molecular weight is 780 g/mol. The third-order valence-electron chi connectivity index (χ3n) is 12.7. The molecule has 6 rings (SSSR count). The van der Waals surface area contributed by atoms with Gasteiger partial charge in [0.25, 0.3) is 0 Å². The number of amides is 2. The van der Waals surface area contributed by atoms with Gasteiger partial charge in [0.15, 0.2) is 0 Å². The fraction of sp³-hybridized carbons (Fsp3) is 0.705. The zero-order valence-corrected chi connectivity index (χ0v) is 33.6. The van der Waals surface area contributed by atoms with Crippen molar-refractivity contribution in [1.29, 1.82) is 0 Å². The molecule has 7 atom stereocenters. The maximum atomic E-state index is 14.3. The number of nitrogens with zero attached hydrogens (tertiary/aromatic N) is 2. The number of likely N-dealkylation sites (N-methyl/N-ethyl adjacent to an activating group) is 1. The number of aliphatic hydroxyl groups is 2. The largest absolute Gasteiger partial charge is 0.459 e. The fourth-order valence-electron chi connectivity index (χ4n) is 9.97. The smallest absolute Gasteiger partial charge is 0.412 e. The fourth-order valence-corrected chi connectivity index (χ4v) is 9.97. The molecule has 2 aliphatic heterocycles. The number of rotatable bonds is 19. The topological polar surface area (TPSA) is 148 Å². The molecular formula is C44H65N3O9. The van der Waals surface area contributed by atoms with Crippen molar-refractivity contribution in [2.45, 2.75) is 134 Å². The molecule has 1 aromatic carbocycles. The molecule has 1 aromatic rings. The zero-order chi connectivity index (χ0) is 39.5. The lowest BCUT2D eigenvalue weighted by Crippen LogP contribution is -2.69. The van der Waals surface area contributed by atoms with Gasteiger partial charge < -0.3 is 44.2 Å². The second-order valence-corrected chi connectivity index (χ2v) is 16.3. The van der Waals surface area contributed by atoms with E-state index in [2.05, 4.69) is 18.0 Å². The zero-order valence-electron chi connectivity index (χ0n) is 33.6. The number of aliphatic hydroxyl groups excluding tert-OH is 2. The Bertz CT molecular complexity index is 1540. The van der Waals surface area contributed by atoms with Gasteiger partial charge in [-0.3, -0.25) is 4.79 Å². The van der Waals surface area contributed by atoms with Crippen LogP contribution < -0.4 is 14.8 Å². The molecule has 2 saturated carbocycles. The molecule has 3 aliphatic carbocycles. The predicted octanol–water partition coefficient (Wildman–Crippen LogP) is 7.38. The molecule has 0 spiro atoms. The van der Waals surface area contributed by atoms with E-state index in [1.54, 1.807) is 12.1 Å². The summed E-state index contributed by atoms with van der Waals surface area (Å²) in [5.74, 6) is -0.174. The normalized spacial score (nSPS) is 29.1. The Balaban J connectivity index is 1.51. The second-order valence-electron chi connectivity index (χ2n) is 16.3. The van der Waals surface area contributed by atoms with Crippen LogP contribution in [0.15, 0.2) is 47.7 Å². The second kappa shape index (κ2) is 20.3. The van der Waals surface area contributed by atoms with Crippen LogP contribution in [0.25, 0.3) is 0 Å². The number of fused-ring (bicyclic) bond motifs is 2. The van der Waals surface area contributed by atoms with Crippen LogP contribution in [-0.2, 0) is 19.1 Å². The molecule has 2 amide bonds. The minimum absolute atomic E-state index is 0.0422. The highest BCUT2D eigenvalue weighted by atomic mass is 16.8. The van der Waals surface area contributed by atoms with E-state index in [0.717, 1.165) is 68.2 Å². The number of benzene rings is 1. The van der Waals surface area contributed by atoms with Crippen LogP contribution in [0.2, 0.25) is 0 Å². The number of unbranched alkanes of at least 4 members (excludes halogenated alkanes) is 2. The van der Waals surface area contributed by atoms with Crippen LogP contribution in [0.1, 0.15) is 121 Å². The number of carbonyl (C=O) groups is 2. The Hall–Kier alpha value is -3.45. The van der Waals surface area contributed by atoms with Crippen LogP contribution >= 0.6 is 0 Å². The maximum absolute atomic E-state index is 14.3. The average Bonchev–Trinajstić information content (AvgIpc) is 3.74. The van der Waals surface area contributed by atoms with E-state index in [0.29, 0.717) is 56.3 Å². The lowest BCUT2D eigenvalue weighted by Gasteiger charge is -2.59. The predicted molar refractivity (Wildman–Crippen MR) is 213 cm³/mol. The van der Waals surface area contributed by atoms with Gasteiger partial charge in [-0.05, 0) is 93.4 Å². The summed E-state index contributed by atoms with van der Waals surface area (Å²) in [6.07, 6.45) is 16.9. The first-order chi connectivity index (χ1) is 27.3. The number of ether oxygens (including phenoxy) is 4. The van der Waals surface area contributed by atoms with Gasteiger partial charge in [0, 0.05) is 57.6 Å². The lowest BCUT2D eigenvalue weighted by molar-refractivity contribution is -0.256. The summed E-state index contributed by atoms with van der Waals surface area (Å²) in [6, 6.07) is 4.95. The van der Waals surface area contributed by atoms with Crippen LogP contribution in [0, 0.1) is 23.7 Å². The highest BCUT2D eigenvalue weighted by Crippen LogP contribution is 2.62. The summed E-state index contributed by atoms with van der Waals surface area (Å²) in [4.78, 5) is 35.0. The Morgan fingerprint density at radius 3 is 2.54 bits per heavy atom. The number of nitrogens with one attached hydrogen (secondary N) is 1. The Morgan fingerprint density at radius 1 is 1.05 bits per heavy atom. The Morgan fingerprint density at radius 2 is 1.82 bits per heavy atom. The molecule has 0 bridgehead atoms. The van der Waals surface area contributed by atoms with Gasteiger partial charge in [0.1, 0.15) is 17.5 Å². The molecule has 3 fully saturated rings. The van der Waals surface area contributed by atoms with Gasteiger partial charge in [-0.25, -0.2) is 4.79 Å². The summed E-state index contributed by atoms with van der Waals surface area (Å²) < 4.78 is 25.9. The van der Waals surface area contributed by atoms with Crippen molar-refractivity contribution in [1.82, 2.24) is 10.2 Å². The number of carbonyl (C=O) groups excluding carboxylic acids is 2. The molecule has 1 unspecified atom stereocenters. The number of allylic oxidation sites excluding steroid dienone is 1. The Kier molecular flexibility index (Phi) is 15.3. The van der Waals surface area contributed by atoms with E-state index in [1.165, 1.54) is 25.7 Å². The van der Waals surface area contributed by atoms with E-state index < -0.39 is 30.1 Å². The van der Waals surface area contributed by atoms with Crippen LogP contribution in [0.5, 0.6) is 11.5 Å². The van der Waals surface area contributed by atoms with Crippen molar-refractivity contribution < 1.29 is 43.6 Å². The summed E-state index contributed by atoms with van der Waals surface area (Å²) >= 11 is 0. The van der Waals surface area contributed by atoms with Crippen molar-refractivity contribution in [3.05, 3.63) is 48.1 Å². The summed E-state index contributed by atoms with van der Waals surface area (Å²) in [7, 11) is 1.87. The van der Waals surface area contributed by atoms with Crippen molar-refractivity contribution in [3.8, 4) is 11.5 Å². The monoisotopic (exact) mass is 779 g/mol. The summed E-state index contributed by atoms with van der Waals surface area (Å²) in [6.45, 7) is 7.31. The van der Waals surface area contributed by atoms with Gasteiger partial charge in [0.05, 0.1) is 24.8 Å². The molecule has 0 aromatic heterocycles. The standard InChI is InChI=1S/C44H65N3O9/c1-4-25-53-44-38(47(3)39(50)22-19-30-14-6-7-15-30)29-36(46-56-40-18-10-13-26-52-40)34-27-31(16-8-11-23-48)33(17-9-12-24-49)41(42(34)44)35-28-32(20-21-37(35)55-44)54-43(51)45-5-2/h4,20-21,27-28,30-31,33,38,40-42,48-49H,1,5-19,22-26,29H2,2-3H3,(H,45,51)/t31-,33+,38-,40?,41+,42+,44+/m0/s1. The van der Waals surface area contributed by atoms with E-state index in [4.69, 9.17) is 28.9 Å². The van der Waals surface area contributed by atoms with Gasteiger partial charge in [-0.2, -0.15) is 0 Å². The Labute approximate surface area is 333 Å². The highest BCUT2D eigenvalue weighted by molar-refractivity contribution is 6.03. The van der Waals surface area contributed by atoms with Gasteiger partial charge in [-0.15, -0.1) is 6.58 Å². The van der Waals surface area contributed by atoms with Crippen molar-refractivity contribution in [2.24, 2.45) is 28.8 Å². The van der Waals surface area contributed by atoms with E-state index in [-0.39, 0.29) is 43.5 Å². The SMILES string of the molecule is C=CCO[C@@]12Oc3ccc(OC(=O)NCC)cc3[C@H]3[C@H](CCCCO)[C@@H](CCCCO)C=C(C(=NOC4CCCCO4)C[C@@H]1N(C)C(=O)CCC1CCCC1)[C@H]32. The minimum atomic E-state index is -1.32. The molecule has 56 heavy (non-hydrogen) atoms. The number of hydrogen-bond acceptors (Lipinski definition) is 10. The molecule has 1 saturated heterocycles. The highest BCUT2D eigenvalue weighted by Gasteiger charge is 2.65. The third kappa shape index (κ3) is 9.63. The molecule has 12 heteroatoms. The lowest BCUT2D eigenvalue weighted by atomic mass is 9.55. The first-order valence-corrected chi connectivity index (χ1v) is 21.4. The van der Waals surface area contributed by atoms with E-state index in [1.807, 2.05) is 31.0 Å². The minimum Gasteiger partial charge on any atom is -0.459 e. The molecule has 5 aliphatic rings. The third-order valence-corrected chi connectivity index (χ3v) is 12.7. The van der Waals surface area contributed by atoms with Crippen molar-refractivity contribution in [2.75, 3.05) is 40.0 Å². The molecule has 310 valence electrons. The van der Waals surface area contributed by atoms with Gasteiger partial charge >= 0.3 is 6.09 Å². The molecule has 3 N–H and O–H groups in total. The van der Waals surface area contributed by atoms with Crippen LogP contribution in [-0.4, -0.2) is 91.0 Å². The van der Waals surface area contributed by atoms with E-state index >= 15 is 0 Å². The first-order valence-electron chi connectivity index (χ1n) is 21.4.